The van der Waals surface area contributed by atoms with Crippen molar-refractivity contribution in [2.75, 3.05) is 0 Å². The summed E-state index contributed by atoms with van der Waals surface area (Å²) in [5, 5.41) is 0. The Bertz CT molecular complexity index is 205. The topological polar surface area (TPSA) is 21.6 Å². The maximum atomic E-state index is 5.35. The van der Waals surface area contributed by atoms with Gasteiger partial charge in [-0.15, -0.1) is 0 Å². The quantitative estimate of drug-likeness (QED) is 0.503. The minimum absolute atomic E-state index is 0.180. The second-order valence-electron chi connectivity index (χ2n) is 4.08. The molecule has 1 aliphatic rings. The molecule has 1 atom stereocenters. The van der Waals surface area contributed by atoms with Crippen LogP contribution in [0.2, 0.25) is 0 Å². The van der Waals surface area contributed by atoms with Gasteiger partial charge in [-0.3, -0.25) is 0 Å². The summed E-state index contributed by atoms with van der Waals surface area (Å²) in [6, 6.07) is 0. The summed E-state index contributed by atoms with van der Waals surface area (Å²) in [6.45, 7) is 6.45. The molecule has 1 aliphatic heterocycles. The normalized spacial score (nSPS) is 23.5. The summed E-state index contributed by atoms with van der Waals surface area (Å²) < 4.78 is 9.84. The SMILES string of the molecule is CC(C)(C)SN=CC1CCC=CO1. The van der Waals surface area contributed by atoms with Crippen LogP contribution < -0.4 is 0 Å². The lowest BCUT2D eigenvalue weighted by molar-refractivity contribution is 0.185. The Morgan fingerprint density at radius 3 is 2.85 bits per heavy atom. The van der Waals surface area contributed by atoms with Crippen molar-refractivity contribution in [3.05, 3.63) is 12.3 Å². The summed E-state index contributed by atoms with van der Waals surface area (Å²) in [5.74, 6) is 0. The van der Waals surface area contributed by atoms with E-state index in [1.54, 1.807) is 18.2 Å². The van der Waals surface area contributed by atoms with E-state index in [1.807, 2.05) is 12.3 Å². The van der Waals surface area contributed by atoms with Crippen LogP contribution in [0.3, 0.4) is 0 Å². The summed E-state index contributed by atoms with van der Waals surface area (Å²) in [7, 11) is 0. The molecule has 0 radical (unpaired) electrons. The summed E-state index contributed by atoms with van der Waals surface area (Å²) in [5.41, 5.74) is 0. The number of allylic oxidation sites excluding steroid dienone is 1. The molecule has 0 N–H and O–H groups in total. The number of hydrogen-bond donors (Lipinski definition) is 0. The second kappa shape index (κ2) is 4.70. The van der Waals surface area contributed by atoms with Gasteiger partial charge in [-0.25, -0.2) is 4.40 Å². The third-order valence-electron chi connectivity index (χ3n) is 1.52. The lowest BCUT2D eigenvalue weighted by Gasteiger charge is -2.16. The van der Waals surface area contributed by atoms with Crippen LogP contribution in [0.5, 0.6) is 0 Å². The maximum Gasteiger partial charge on any atom is 0.134 e. The molecule has 0 bridgehead atoms. The van der Waals surface area contributed by atoms with Gasteiger partial charge in [-0.05, 0) is 51.6 Å². The van der Waals surface area contributed by atoms with Gasteiger partial charge in [0.1, 0.15) is 6.10 Å². The highest BCUT2D eigenvalue weighted by atomic mass is 32.2. The Morgan fingerprint density at radius 1 is 1.54 bits per heavy atom. The summed E-state index contributed by atoms with van der Waals surface area (Å²) in [4.78, 5) is 0. The molecule has 1 unspecified atom stereocenters. The highest BCUT2D eigenvalue weighted by molar-refractivity contribution is 7.99. The molecule has 2 nitrogen and oxygen atoms in total. The highest BCUT2D eigenvalue weighted by Crippen LogP contribution is 2.24. The van der Waals surface area contributed by atoms with Gasteiger partial charge < -0.3 is 4.74 Å². The fourth-order valence-corrected chi connectivity index (χ4v) is 1.43. The van der Waals surface area contributed by atoms with Gasteiger partial charge in [0.15, 0.2) is 0 Å². The van der Waals surface area contributed by atoms with E-state index in [0.717, 1.165) is 12.8 Å². The standard InChI is InChI=1S/C10H17NOS/c1-10(2,3)13-11-8-9-6-4-5-7-12-9/h5,7-9H,4,6H2,1-3H3. The molecule has 74 valence electrons. The van der Waals surface area contributed by atoms with Gasteiger partial charge >= 0.3 is 0 Å². The van der Waals surface area contributed by atoms with Gasteiger partial charge in [0.2, 0.25) is 0 Å². The largest absolute Gasteiger partial charge is 0.493 e. The molecule has 0 fully saturated rings. The third kappa shape index (κ3) is 4.98. The van der Waals surface area contributed by atoms with E-state index in [1.165, 1.54) is 0 Å². The second-order valence-corrected chi connectivity index (χ2v) is 5.70. The van der Waals surface area contributed by atoms with E-state index in [0.29, 0.717) is 0 Å². The van der Waals surface area contributed by atoms with Crippen molar-refractivity contribution in [1.29, 1.82) is 0 Å². The van der Waals surface area contributed by atoms with E-state index in [-0.39, 0.29) is 10.9 Å². The summed E-state index contributed by atoms with van der Waals surface area (Å²) in [6.07, 6.45) is 8.03. The van der Waals surface area contributed by atoms with Crippen LogP contribution in [0.25, 0.3) is 0 Å². The first-order valence-electron chi connectivity index (χ1n) is 4.60. The van der Waals surface area contributed by atoms with E-state index in [2.05, 4.69) is 25.2 Å². The summed E-state index contributed by atoms with van der Waals surface area (Å²) >= 11 is 1.59. The van der Waals surface area contributed by atoms with Crippen LogP contribution >= 0.6 is 11.9 Å². The molecule has 0 spiro atoms. The first-order valence-corrected chi connectivity index (χ1v) is 5.37. The molecule has 1 rings (SSSR count). The maximum absolute atomic E-state index is 5.35. The molecule has 1 heterocycles. The van der Waals surface area contributed by atoms with Crippen LogP contribution in [-0.2, 0) is 4.74 Å². The van der Waals surface area contributed by atoms with Crippen molar-refractivity contribution in [3.63, 3.8) is 0 Å². The minimum atomic E-state index is 0.180. The number of nitrogens with zero attached hydrogens (tertiary/aromatic N) is 1. The monoisotopic (exact) mass is 199 g/mol. The first kappa shape index (κ1) is 10.6. The van der Waals surface area contributed by atoms with Crippen LogP contribution in [0.4, 0.5) is 0 Å². The molecule has 0 aromatic heterocycles. The molecule has 0 aromatic rings. The molecule has 0 aromatic carbocycles. The van der Waals surface area contributed by atoms with Crippen LogP contribution in [-0.4, -0.2) is 17.1 Å². The predicted molar refractivity (Wildman–Crippen MR) is 59.1 cm³/mol. The van der Waals surface area contributed by atoms with Crippen molar-refractivity contribution < 1.29 is 4.74 Å². The Labute approximate surface area is 84.6 Å². The van der Waals surface area contributed by atoms with Crippen LogP contribution in [0.1, 0.15) is 33.6 Å². The van der Waals surface area contributed by atoms with Crippen molar-refractivity contribution in [2.45, 2.75) is 44.5 Å². The number of rotatable bonds is 2. The fourth-order valence-electron chi connectivity index (χ4n) is 0.919. The van der Waals surface area contributed by atoms with Crippen molar-refractivity contribution >= 4 is 18.2 Å². The van der Waals surface area contributed by atoms with Gasteiger partial charge in [0, 0.05) is 4.75 Å². The van der Waals surface area contributed by atoms with Gasteiger partial charge in [-0.2, -0.15) is 0 Å². The lowest BCUT2D eigenvalue weighted by Crippen LogP contribution is -2.14. The van der Waals surface area contributed by atoms with Gasteiger partial charge in [-0.1, -0.05) is 0 Å². The zero-order valence-corrected chi connectivity index (χ0v) is 9.30. The van der Waals surface area contributed by atoms with Crippen LogP contribution in [0.15, 0.2) is 16.7 Å². The fraction of sp³-hybridized carbons (Fsp3) is 0.700. The highest BCUT2D eigenvalue weighted by Gasteiger charge is 2.11. The molecule has 0 aliphatic carbocycles. The van der Waals surface area contributed by atoms with E-state index in [4.69, 9.17) is 4.74 Å². The van der Waals surface area contributed by atoms with Gasteiger partial charge in [0.05, 0.1) is 12.5 Å². The molecule has 0 saturated heterocycles. The van der Waals surface area contributed by atoms with Crippen molar-refractivity contribution in [1.82, 2.24) is 0 Å². The molecule has 3 heteroatoms. The third-order valence-corrected chi connectivity index (χ3v) is 2.30. The number of ether oxygens (including phenoxy) is 1. The lowest BCUT2D eigenvalue weighted by atomic mass is 10.2. The van der Waals surface area contributed by atoms with E-state index in [9.17, 15) is 0 Å². The first-order chi connectivity index (χ1) is 6.08. The van der Waals surface area contributed by atoms with Crippen LogP contribution in [0, 0.1) is 0 Å². The van der Waals surface area contributed by atoms with Crippen molar-refractivity contribution in [2.24, 2.45) is 4.40 Å². The Hall–Kier alpha value is -0.440. The molecular formula is C10H17NOS. The van der Waals surface area contributed by atoms with E-state index < -0.39 is 0 Å². The predicted octanol–water partition coefficient (Wildman–Crippen LogP) is 3.20. The Morgan fingerprint density at radius 2 is 2.31 bits per heavy atom. The van der Waals surface area contributed by atoms with Crippen molar-refractivity contribution in [3.8, 4) is 0 Å². The smallest absolute Gasteiger partial charge is 0.134 e. The minimum Gasteiger partial charge on any atom is -0.493 e. The molecule has 13 heavy (non-hydrogen) atoms. The average Bonchev–Trinajstić information content (AvgIpc) is 2.04. The van der Waals surface area contributed by atoms with E-state index >= 15 is 0 Å². The van der Waals surface area contributed by atoms with Gasteiger partial charge in [0.25, 0.3) is 0 Å². The zero-order valence-electron chi connectivity index (χ0n) is 8.49. The average molecular weight is 199 g/mol. The molecule has 0 saturated carbocycles. The number of hydrogen-bond acceptors (Lipinski definition) is 3. The zero-order chi connectivity index (χ0) is 9.73. The molecular weight excluding hydrogens is 182 g/mol. The Kier molecular flexibility index (Phi) is 3.85. The molecule has 0 amide bonds. The Balaban J connectivity index is 2.27.